The van der Waals surface area contributed by atoms with Crippen LogP contribution in [0.25, 0.3) is 0 Å². The van der Waals surface area contributed by atoms with Gasteiger partial charge in [0.25, 0.3) is 5.91 Å². The lowest BCUT2D eigenvalue weighted by atomic mass is 10.2. The summed E-state index contributed by atoms with van der Waals surface area (Å²) in [5.74, 6) is -0.409. The van der Waals surface area contributed by atoms with Gasteiger partial charge in [-0.3, -0.25) is 9.59 Å². The number of amides is 2. The summed E-state index contributed by atoms with van der Waals surface area (Å²) in [6.45, 7) is 0.694. The van der Waals surface area contributed by atoms with Gasteiger partial charge in [0.2, 0.25) is 5.91 Å². The van der Waals surface area contributed by atoms with E-state index >= 15 is 0 Å². The van der Waals surface area contributed by atoms with Crippen molar-refractivity contribution in [2.24, 2.45) is 5.73 Å². The number of halogens is 1. The monoisotopic (exact) mass is 281 g/mol. The fraction of sp³-hybridized carbons (Fsp3) is 0.385. The Kier molecular flexibility index (Phi) is 4.07. The molecule has 0 bridgehead atoms. The van der Waals surface area contributed by atoms with Crippen molar-refractivity contribution >= 4 is 23.4 Å². The van der Waals surface area contributed by atoms with Crippen LogP contribution in [0.1, 0.15) is 23.2 Å². The van der Waals surface area contributed by atoms with Crippen molar-refractivity contribution in [3.8, 4) is 0 Å². The molecule has 0 saturated heterocycles. The maximum Gasteiger partial charge on any atom is 0.252 e. The SMILES string of the molecule is NC1(C(=O)NCCNC(=O)c2ccccc2Cl)CC1. The predicted molar refractivity (Wildman–Crippen MR) is 72.9 cm³/mol. The smallest absolute Gasteiger partial charge is 0.252 e. The molecule has 1 aromatic rings. The number of rotatable bonds is 5. The average Bonchev–Trinajstić information content (AvgIpc) is 3.14. The summed E-state index contributed by atoms with van der Waals surface area (Å²) >= 11 is 5.90. The van der Waals surface area contributed by atoms with Gasteiger partial charge in [0.05, 0.1) is 16.1 Å². The molecule has 1 saturated carbocycles. The van der Waals surface area contributed by atoms with Crippen molar-refractivity contribution in [1.29, 1.82) is 0 Å². The van der Waals surface area contributed by atoms with Gasteiger partial charge in [-0.1, -0.05) is 23.7 Å². The van der Waals surface area contributed by atoms with Crippen LogP contribution in [0.5, 0.6) is 0 Å². The Labute approximate surface area is 116 Å². The third-order valence-corrected chi connectivity index (χ3v) is 3.39. The quantitative estimate of drug-likeness (QED) is 0.694. The highest BCUT2D eigenvalue weighted by molar-refractivity contribution is 6.33. The summed E-state index contributed by atoms with van der Waals surface area (Å²) in [6, 6.07) is 6.81. The maximum absolute atomic E-state index is 11.8. The predicted octanol–water partition coefficient (Wildman–Crippen LogP) is 0.677. The number of carbonyl (C=O) groups excluding carboxylic acids is 2. The number of carbonyl (C=O) groups is 2. The highest BCUT2D eigenvalue weighted by Crippen LogP contribution is 2.31. The molecule has 102 valence electrons. The molecule has 0 heterocycles. The molecule has 0 aliphatic heterocycles. The molecule has 5 nitrogen and oxygen atoms in total. The third-order valence-electron chi connectivity index (χ3n) is 3.06. The molecular formula is C13H16ClN3O2. The van der Waals surface area contributed by atoms with Crippen LogP contribution in [0, 0.1) is 0 Å². The maximum atomic E-state index is 11.8. The Hall–Kier alpha value is -1.59. The summed E-state index contributed by atoms with van der Waals surface area (Å²) in [5.41, 5.74) is 5.48. The zero-order valence-corrected chi connectivity index (χ0v) is 11.2. The van der Waals surface area contributed by atoms with Crippen LogP contribution < -0.4 is 16.4 Å². The highest BCUT2D eigenvalue weighted by Gasteiger charge is 2.45. The van der Waals surface area contributed by atoms with Gasteiger partial charge < -0.3 is 16.4 Å². The zero-order valence-electron chi connectivity index (χ0n) is 10.4. The standard InChI is InChI=1S/C13H16ClN3O2/c14-10-4-2-1-3-9(10)11(18)16-7-8-17-12(19)13(15)5-6-13/h1-4H,5-8,15H2,(H,16,18)(H,17,19). The van der Waals surface area contributed by atoms with Crippen molar-refractivity contribution in [3.05, 3.63) is 34.9 Å². The molecule has 0 radical (unpaired) electrons. The highest BCUT2D eigenvalue weighted by atomic mass is 35.5. The first-order valence-electron chi connectivity index (χ1n) is 6.13. The number of nitrogens with one attached hydrogen (secondary N) is 2. The topological polar surface area (TPSA) is 84.2 Å². The fourth-order valence-corrected chi connectivity index (χ4v) is 1.85. The average molecular weight is 282 g/mol. The lowest BCUT2D eigenvalue weighted by Gasteiger charge is -2.11. The van der Waals surface area contributed by atoms with E-state index in [-0.39, 0.29) is 11.8 Å². The van der Waals surface area contributed by atoms with Crippen LogP contribution in [0.3, 0.4) is 0 Å². The van der Waals surface area contributed by atoms with E-state index in [1.165, 1.54) is 0 Å². The summed E-state index contributed by atoms with van der Waals surface area (Å²) in [6.07, 6.45) is 1.45. The molecule has 0 spiro atoms. The minimum absolute atomic E-state index is 0.153. The number of hydrogen-bond acceptors (Lipinski definition) is 3. The minimum atomic E-state index is -0.674. The number of nitrogens with two attached hydrogens (primary N) is 1. The lowest BCUT2D eigenvalue weighted by Crippen LogP contribution is -2.45. The Morgan fingerprint density at radius 2 is 1.84 bits per heavy atom. The Morgan fingerprint density at radius 3 is 2.47 bits per heavy atom. The van der Waals surface area contributed by atoms with Crippen LogP contribution in [0.15, 0.2) is 24.3 Å². The molecule has 1 aliphatic carbocycles. The Balaban J connectivity index is 1.73. The summed E-state index contributed by atoms with van der Waals surface area (Å²) in [4.78, 5) is 23.3. The van der Waals surface area contributed by atoms with Crippen molar-refractivity contribution in [3.63, 3.8) is 0 Å². The second-order valence-electron chi connectivity index (χ2n) is 4.65. The van der Waals surface area contributed by atoms with E-state index in [0.29, 0.717) is 23.7 Å². The van der Waals surface area contributed by atoms with Gasteiger partial charge in [0, 0.05) is 13.1 Å². The first kappa shape index (κ1) is 13.8. The summed E-state index contributed by atoms with van der Waals surface area (Å²) in [5, 5.41) is 5.79. The molecular weight excluding hydrogens is 266 g/mol. The van der Waals surface area contributed by atoms with Crippen LogP contribution in [0.2, 0.25) is 5.02 Å². The molecule has 1 aliphatic rings. The van der Waals surface area contributed by atoms with Crippen LogP contribution in [-0.2, 0) is 4.79 Å². The third kappa shape index (κ3) is 3.45. The van der Waals surface area contributed by atoms with Crippen molar-refractivity contribution in [1.82, 2.24) is 10.6 Å². The summed E-state index contributed by atoms with van der Waals surface area (Å²) in [7, 11) is 0. The molecule has 1 fully saturated rings. The van der Waals surface area contributed by atoms with E-state index in [1.54, 1.807) is 24.3 Å². The zero-order chi connectivity index (χ0) is 13.9. The van der Waals surface area contributed by atoms with Crippen LogP contribution in [0.4, 0.5) is 0 Å². The van der Waals surface area contributed by atoms with Gasteiger partial charge in [0.15, 0.2) is 0 Å². The fourth-order valence-electron chi connectivity index (χ4n) is 1.63. The molecule has 0 atom stereocenters. The number of benzene rings is 1. The van der Waals surface area contributed by atoms with Crippen molar-refractivity contribution in [2.45, 2.75) is 18.4 Å². The first-order valence-corrected chi connectivity index (χ1v) is 6.51. The van der Waals surface area contributed by atoms with Gasteiger partial charge in [-0.15, -0.1) is 0 Å². The lowest BCUT2D eigenvalue weighted by molar-refractivity contribution is -0.123. The molecule has 19 heavy (non-hydrogen) atoms. The van der Waals surface area contributed by atoms with Crippen molar-refractivity contribution in [2.75, 3.05) is 13.1 Å². The second-order valence-corrected chi connectivity index (χ2v) is 5.05. The molecule has 2 amide bonds. The second kappa shape index (κ2) is 5.59. The van der Waals surface area contributed by atoms with Gasteiger partial charge in [-0.05, 0) is 25.0 Å². The van der Waals surface area contributed by atoms with E-state index < -0.39 is 5.54 Å². The van der Waals surface area contributed by atoms with E-state index in [0.717, 1.165) is 12.8 Å². The number of hydrogen-bond donors (Lipinski definition) is 3. The molecule has 4 N–H and O–H groups in total. The van der Waals surface area contributed by atoms with Gasteiger partial charge in [0.1, 0.15) is 0 Å². The van der Waals surface area contributed by atoms with Crippen LogP contribution >= 0.6 is 11.6 Å². The van der Waals surface area contributed by atoms with Gasteiger partial charge >= 0.3 is 0 Å². The van der Waals surface area contributed by atoms with Gasteiger partial charge in [-0.25, -0.2) is 0 Å². The normalized spacial score (nSPS) is 15.7. The largest absolute Gasteiger partial charge is 0.353 e. The molecule has 1 aromatic carbocycles. The Morgan fingerprint density at radius 1 is 1.21 bits per heavy atom. The van der Waals surface area contributed by atoms with E-state index in [1.807, 2.05) is 0 Å². The molecule has 0 unspecified atom stereocenters. The van der Waals surface area contributed by atoms with Crippen LogP contribution in [-0.4, -0.2) is 30.4 Å². The molecule has 2 rings (SSSR count). The summed E-state index contributed by atoms with van der Waals surface area (Å²) < 4.78 is 0. The first-order chi connectivity index (χ1) is 9.03. The van der Waals surface area contributed by atoms with Gasteiger partial charge in [-0.2, -0.15) is 0 Å². The van der Waals surface area contributed by atoms with E-state index in [2.05, 4.69) is 10.6 Å². The Bertz CT molecular complexity index is 500. The van der Waals surface area contributed by atoms with Crippen molar-refractivity contribution < 1.29 is 9.59 Å². The van der Waals surface area contributed by atoms with E-state index in [9.17, 15) is 9.59 Å². The van der Waals surface area contributed by atoms with E-state index in [4.69, 9.17) is 17.3 Å². The molecule has 6 heteroatoms. The minimum Gasteiger partial charge on any atom is -0.353 e. The molecule has 0 aromatic heterocycles.